The fourth-order valence-electron chi connectivity index (χ4n) is 2.35. The van der Waals surface area contributed by atoms with Crippen LogP contribution in [0.1, 0.15) is 5.56 Å². The number of anilines is 1. The predicted molar refractivity (Wildman–Crippen MR) is 74.0 cm³/mol. The van der Waals surface area contributed by atoms with Crippen LogP contribution in [0.25, 0.3) is 10.1 Å². The molecule has 2 aromatic rings. The molecule has 2 aliphatic rings. The van der Waals surface area contributed by atoms with Gasteiger partial charge in [0.2, 0.25) is 0 Å². The third-order valence-corrected chi connectivity index (χ3v) is 4.37. The molecule has 2 aliphatic heterocycles. The number of nitrogens with zero attached hydrogens (tertiary/aromatic N) is 2. The molecule has 1 aromatic carbocycles. The molecule has 3 heterocycles. The Morgan fingerprint density at radius 2 is 2.18 bits per heavy atom. The molecule has 0 N–H and O–H groups in total. The van der Waals surface area contributed by atoms with Crippen LogP contribution >= 0.6 is 11.3 Å². The Balaban J connectivity index is 2.04. The van der Waals surface area contributed by atoms with E-state index in [1.807, 2.05) is 23.8 Å². The Kier molecular flexibility index (Phi) is 1.79. The highest BCUT2D eigenvalue weighted by molar-refractivity contribution is 7.23. The van der Waals surface area contributed by atoms with E-state index in [1.165, 1.54) is 26.3 Å². The number of hydrogen-bond acceptors (Lipinski definition) is 3. The fourth-order valence-corrected chi connectivity index (χ4v) is 3.56. The van der Waals surface area contributed by atoms with E-state index in [1.54, 1.807) is 0 Å². The lowest BCUT2D eigenvalue weighted by Crippen LogP contribution is -2.15. The van der Waals surface area contributed by atoms with Gasteiger partial charge < -0.3 is 4.90 Å². The average Bonchev–Trinajstić information content (AvgIpc) is 2.91. The van der Waals surface area contributed by atoms with Crippen molar-refractivity contribution in [1.82, 2.24) is 0 Å². The summed E-state index contributed by atoms with van der Waals surface area (Å²) in [7, 11) is 0. The number of hydrogen-bond donors (Lipinski definition) is 0. The second-order valence-corrected chi connectivity index (χ2v) is 5.19. The minimum atomic E-state index is 0.953. The molecule has 0 saturated heterocycles. The number of allylic oxidation sites excluding steroid dienone is 1. The first-order valence-electron chi connectivity index (χ1n) is 5.62. The lowest BCUT2D eigenvalue weighted by Gasteiger charge is -2.17. The first kappa shape index (κ1) is 9.19. The zero-order valence-electron chi connectivity index (χ0n) is 9.13. The van der Waals surface area contributed by atoms with Crippen LogP contribution < -0.4 is 4.90 Å². The molecule has 0 radical (unpaired) electrons. The molecule has 0 unspecified atom stereocenters. The van der Waals surface area contributed by atoms with Gasteiger partial charge in [-0.2, -0.15) is 0 Å². The fraction of sp³-hybridized carbons (Fsp3) is 0.0714. The minimum Gasteiger partial charge on any atom is -0.328 e. The zero-order valence-corrected chi connectivity index (χ0v) is 9.95. The van der Waals surface area contributed by atoms with Crippen LogP contribution in [-0.2, 0) is 0 Å². The Bertz CT molecular complexity index is 691. The van der Waals surface area contributed by atoms with Gasteiger partial charge in [0.1, 0.15) is 5.00 Å². The van der Waals surface area contributed by atoms with E-state index in [-0.39, 0.29) is 0 Å². The molecule has 0 saturated carbocycles. The van der Waals surface area contributed by atoms with Crippen molar-refractivity contribution < 1.29 is 0 Å². The van der Waals surface area contributed by atoms with Gasteiger partial charge in [-0.15, -0.1) is 11.3 Å². The molecular weight excluding hydrogens is 228 g/mol. The molecule has 1 aromatic heterocycles. The second-order valence-electron chi connectivity index (χ2n) is 4.16. The molecular formula is C14H10N2S. The number of rotatable bonds is 0. The summed E-state index contributed by atoms with van der Waals surface area (Å²) in [6, 6.07) is 8.53. The number of fused-ring (bicyclic) bond motifs is 5. The van der Waals surface area contributed by atoms with Gasteiger partial charge in [-0.1, -0.05) is 24.3 Å². The van der Waals surface area contributed by atoms with Gasteiger partial charge in [-0.05, 0) is 12.1 Å². The van der Waals surface area contributed by atoms with E-state index in [0.29, 0.717) is 0 Å². The summed E-state index contributed by atoms with van der Waals surface area (Å²) in [6.07, 6.45) is 8.23. The van der Waals surface area contributed by atoms with E-state index >= 15 is 0 Å². The highest BCUT2D eigenvalue weighted by Gasteiger charge is 2.21. The van der Waals surface area contributed by atoms with Gasteiger partial charge in [-0.3, -0.25) is 4.99 Å². The standard InChI is InChI=1S/C14H10N2S/c1-2-6-13-11(5-1)12-9-15-8-10-4-3-7-16(10)14(12)17-13/h1-6,8-9H,7H2. The van der Waals surface area contributed by atoms with Crippen molar-refractivity contribution in [3.05, 3.63) is 53.9 Å². The molecule has 0 bridgehead atoms. The van der Waals surface area contributed by atoms with Crippen molar-refractivity contribution in [2.45, 2.75) is 0 Å². The quantitative estimate of drug-likeness (QED) is 0.685. The van der Waals surface area contributed by atoms with Crippen molar-refractivity contribution >= 4 is 32.6 Å². The molecule has 0 atom stereocenters. The Morgan fingerprint density at radius 1 is 1.24 bits per heavy atom. The first-order chi connectivity index (χ1) is 8.43. The number of thiophene rings is 1. The largest absolute Gasteiger partial charge is 0.328 e. The summed E-state index contributed by atoms with van der Waals surface area (Å²) in [4.78, 5) is 6.73. The van der Waals surface area contributed by atoms with Gasteiger partial charge in [0.25, 0.3) is 0 Å². The van der Waals surface area contributed by atoms with Crippen LogP contribution in [0.15, 0.2) is 53.3 Å². The van der Waals surface area contributed by atoms with E-state index in [0.717, 1.165) is 6.54 Å². The van der Waals surface area contributed by atoms with Crippen molar-refractivity contribution in [3.63, 3.8) is 0 Å². The third-order valence-electron chi connectivity index (χ3n) is 3.16. The maximum absolute atomic E-state index is 4.40. The van der Waals surface area contributed by atoms with E-state index in [9.17, 15) is 0 Å². The van der Waals surface area contributed by atoms with Gasteiger partial charge in [-0.25, -0.2) is 0 Å². The highest BCUT2D eigenvalue weighted by atomic mass is 32.1. The smallest absolute Gasteiger partial charge is 0.106 e. The molecule has 4 rings (SSSR count). The molecule has 17 heavy (non-hydrogen) atoms. The zero-order chi connectivity index (χ0) is 11.2. The van der Waals surface area contributed by atoms with Crippen LogP contribution in [0.3, 0.4) is 0 Å². The lowest BCUT2D eigenvalue weighted by molar-refractivity contribution is 1.11. The lowest BCUT2D eigenvalue weighted by atomic mass is 10.2. The number of benzene rings is 1. The van der Waals surface area contributed by atoms with E-state index in [2.05, 4.69) is 46.3 Å². The van der Waals surface area contributed by atoms with Crippen LogP contribution in [0.2, 0.25) is 0 Å². The van der Waals surface area contributed by atoms with Crippen LogP contribution in [0.4, 0.5) is 5.00 Å². The van der Waals surface area contributed by atoms with Crippen LogP contribution in [0, 0.1) is 0 Å². The molecule has 0 amide bonds. The van der Waals surface area contributed by atoms with Gasteiger partial charge in [0.05, 0.1) is 11.9 Å². The van der Waals surface area contributed by atoms with Crippen molar-refractivity contribution in [3.8, 4) is 0 Å². The second kappa shape index (κ2) is 3.31. The molecule has 0 spiro atoms. The Hall–Kier alpha value is -1.87. The van der Waals surface area contributed by atoms with E-state index < -0.39 is 0 Å². The molecule has 2 nitrogen and oxygen atoms in total. The predicted octanol–water partition coefficient (Wildman–Crippen LogP) is 3.55. The summed E-state index contributed by atoms with van der Waals surface area (Å²) >= 11 is 1.84. The third kappa shape index (κ3) is 1.23. The van der Waals surface area contributed by atoms with Crippen molar-refractivity contribution in [2.75, 3.05) is 11.4 Å². The summed E-state index contributed by atoms with van der Waals surface area (Å²) in [5, 5.41) is 2.61. The Labute approximate surface area is 103 Å². The average molecular weight is 238 g/mol. The van der Waals surface area contributed by atoms with Gasteiger partial charge in [0.15, 0.2) is 0 Å². The maximum Gasteiger partial charge on any atom is 0.106 e. The minimum absolute atomic E-state index is 0.953. The molecule has 3 heteroatoms. The Morgan fingerprint density at radius 3 is 3.18 bits per heavy atom. The molecule has 0 fully saturated rings. The summed E-state index contributed by atoms with van der Waals surface area (Å²) < 4.78 is 1.33. The van der Waals surface area contributed by atoms with Crippen molar-refractivity contribution in [1.29, 1.82) is 0 Å². The molecule has 82 valence electrons. The summed E-state index contributed by atoms with van der Waals surface area (Å²) in [5.41, 5.74) is 2.44. The maximum atomic E-state index is 4.40. The van der Waals surface area contributed by atoms with Crippen LogP contribution in [0.5, 0.6) is 0 Å². The van der Waals surface area contributed by atoms with Crippen molar-refractivity contribution in [2.24, 2.45) is 4.99 Å². The molecule has 0 aliphatic carbocycles. The van der Waals surface area contributed by atoms with E-state index in [4.69, 9.17) is 0 Å². The first-order valence-corrected chi connectivity index (χ1v) is 6.44. The van der Waals surface area contributed by atoms with Gasteiger partial charge in [0, 0.05) is 28.4 Å². The summed E-state index contributed by atoms with van der Waals surface area (Å²) in [6.45, 7) is 0.953. The number of aliphatic imine (C=N–C) groups is 1. The topological polar surface area (TPSA) is 15.6 Å². The normalized spacial score (nSPS) is 16.9. The summed E-state index contributed by atoms with van der Waals surface area (Å²) in [5.74, 6) is 0. The van der Waals surface area contributed by atoms with Gasteiger partial charge >= 0.3 is 0 Å². The monoisotopic (exact) mass is 238 g/mol. The SMILES string of the molecule is C1=CC2=CN=Cc3c(sc4ccccc34)N2C1. The highest BCUT2D eigenvalue weighted by Crippen LogP contribution is 2.40. The van der Waals surface area contributed by atoms with Crippen LogP contribution in [-0.4, -0.2) is 12.8 Å².